The number of hydrogen-bond acceptors (Lipinski definition) is 1. The standard InChI is InChI=1S/C15H20INO/c1-11-5-6-12(13(16)9-11)14(18)17-8-4-7-15(2,3)10-17/h5-6,9H,4,7-8,10H2,1-3H3. The van der Waals surface area contributed by atoms with Crippen molar-refractivity contribution in [3.05, 3.63) is 32.9 Å². The maximum Gasteiger partial charge on any atom is 0.254 e. The average Bonchev–Trinajstić information content (AvgIpc) is 2.27. The highest BCUT2D eigenvalue weighted by molar-refractivity contribution is 14.1. The Hall–Kier alpha value is -0.580. The zero-order valence-electron chi connectivity index (χ0n) is 11.3. The Labute approximate surface area is 123 Å². The molecule has 1 saturated heterocycles. The first-order valence-electron chi connectivity index (χ1n) is 6.44. The normalized spacial score (nSPS) is 18.8. The average molecular weight is 357 g/mol. The van der Waals surface area contributed by atoms with Crippen LogP contribution in [0.2, 0.25) is 0 Å². The number of rotatable bonds is 1. The van der Waals surface area contributed by atoms with Gasteiger partial charge in [-0.2, -0.15) is 0 Å². The van der Waals surface area contributed by atoms with Gasteiger partial charge in [-0.3, -0.25) is 4.79 Å². The molecule has 0 aliphatic carbocycles. The Balaban J connectivity index is 2.20. The summed E-state index contributed by atoms with van der Waals surface area (Å²) in [4.78, 5) is 14.6. The van der Waals surface area contributed by atoms with Crippen LogP contribution < -0.4 is 0 Å². The van der Waals surface area contributed by atoms with Gasteiger partial charge in [0.15, 0.2) is 0 Å². The number of benzene rings is 1. The molecule has 1 aliphatic rings. The number of carbonyl (C=O) groups excluding carboxylic acids is 1. The second-order valence-corrected chi connectivity index (χ2v) is 7.14. The molecule has 1 fully saturated rings. The van der Waals surface area contributed by atoms with Crippen molar-refractivity contribution in [2.75, 3.05) is 13.1 Å². The fraction of sp³-hybridized carbons (Fsp3) is 0.533. The summed E-state index contributed by atoms with van der Waals surface area (Å²) in [5.41, 5.74) is 2.30. The van der Waals surface area contributed by atoms with E-state index < -0.39 is 0 Å². The Morgan fingerprint density at radius 3 is 2.72 bits per heavy atom. The molecular weight excluding hydrogens is 337 g/mol. The topological polar surface area (TPSA) is 20.3 Å². The van der Waals surface area contributed by atoms with E-state index in [-0.39, 0.29) is 11.3 Å². The van der Waals surface area contributed by atoms with Crippen LogP contribution in [-0.2, 0) is 0 Å². The first-order valence-corrected chi connectivity index (χ1v) is 7.52. The van der Waals surface area contributed by atoms with Crippen LogP contribution in [0.15, 0.2) is 18.2 Å². The predicted octanol–water partition coefficient (Wildman–Crippen LogP) is 3.86. The highest BCUT2D eigenvalue weighted by atomic mass is 127. The third-order valence-electron chi connectivity index (χ3n) is 3.54. The molecule has 3 heteroatoms. The lowest BCUT2D eigenvalue weighted by molar-refractivity contribution is 0.0582. The van der Waals surface area contributed by atoms with Crippen LogP contribution in [0.5, 0.6) is 0 Å². The molecule has 2 rings (SSSR count). The second-order valence-electron chi connectivity index (χ2n) is 5.98. The van der Waals surface area contributed by atoms with Crippen molar-refractivity contribution in [2.24, 2.45) is 5.41 Å². The number of amides is 1. The number of piperidine rings is 1. The van der Waals surface area contributed by atoms with Crippen molar-refractivity contribution in [3.63, 3.8) is 0 Å². The first-order chi connectivity index (χ1) is 8.39. The predicted molar refractivity (Wildman–Crippen MR) is 82.8 cm³/mol. The van der Waals surface area contributed by atoms with Crippen LogP contribution in [0.3, 0.4) is 0 Å². The molecule has 98 valence electrons. The first kappa shape index (κ1) is 13.8. The van der Waals surface area contributed by atoms with Gasteiger partial charge in [-0.25, -0.2) is 0 Å². The molecule has 0 spiro atoms. The quantitative estimate of drug-likeness (QED) is 0.699. The molecule has 1 aromatic carbocycles. The maximum atomic E-state index is 12.5. The van der Waals surface area contributed by atoms with Crippen molar-refractivity contribution in [1.29, 1.82) is 0 Å². The van der Waals surface area contributed by atoms with E-state index in [1.54, 1.807) is 0 Å². The molecule has 0 radical (unpaired) electrons. The summed E-state index contributed by atoms with van der Waals surface area (Å²) >= 11 is 2.26. The summed E-state index contributed by atoms with van der Waals surface area (Å²) in [6.45, 7) is 8.31. The Morgan fingerprint density at radius 2 is 2.11 bits per heavy atom. The number of likely N-dealkylation sites (tertiary alicyclic amines) is 1. The fourth-order valence-corrected chi connectivity index (χ4v) is 3.46. The Kier molecular flexibility index (Phi) is 3.99. The SMILES string of the molecule is Cc1ccc(C(=O)N2CCCC(C)(C)C2)c(I)c1. The van der Waals surface area contributed by atoms with Gasteiger partial charge < -0.3 is 4.90 Å². The van der Waals surface area contributed by atoms with Crippen LogP contribution in [0, 0.1) is 15.9 Å². The van der Waals surface area contributed by atoms with Gasteiger partial charge >= 0.3 is 0 Å². The zero-order chi connectivity index (χ0) is 13.3. The van der Waals surface area contributed by atoms with Gasteiger partial charge in [0.25, 0.3) is 5.91 Å². The number of nitrogens with zero attached hydrogens (tertiary/aromatic N) is 1. The van der Waals surface area contributed by atoms with E-state index in [9.17, 15) is 4.79 Å². The molecule has 2 nitrogen and oxygen atoms in total. The minimum Gasteiger partial charge on any atom is -0.338 e. The number of hydrogen-bond donors (Lipinski definition) is 0. The maximum absolute atomic E-state index is 12.5. The van der Waals surface area contributed by atoms with Gasteiger partial charge in [-0.1, -0.05) is 25.5 Å². The van der Waals surface area contributed by atoms with Crippen LogP contribution in [0.4, 0.5) is 0 Å². The molecule has 0 atom stereocenters. The fourth-order valence-electron chi connectivity index (χ4n) is 2.56. The minimum absolute atomic E-state index is 0.187. The van der Waals surface area contributed by atoms with Crippen molar-refractivity contribution in [1.82, 2.24) is 4.90 Å². The van der Waals surface area contributed by atoms with E-state index in [0.29, 0.717) is 0 Å². The van der Waals surface area contributed by atoms with Crippen molar-refractivity contribution in [3.8, 4) is 0 Å². The molecule has 0 N–H and O–H groups in total. The molecular formula is C15H20INO. The third kappa shape index (κ3) is 3.05. The van der Waals surface area contributed by atoms with E-state index in [1.807, 2.05) is 17.0 Å². The zero-order valence-corrected chi connectivity index (χ0v) is 13.5. The summed E-state index contributed by atoms with van der Waals surface area (Å²) < 4.78 is 1.06. The third-order valence-corrected chi connectivity index (χ3v) is 4.44. The monoisotopic (exact) mass is 357 g/mol. The largest absolute Gasteiger partial charge is 0.338 e. The van der Waals surface area contributed by atoms with Crippen molar-refractivity contribution in [2.45, 2.75) is 33.6 Å². The lowest BCUT2D eigenvalue weighted by Crippen LogP contribution is -2.43. The van der Waals surface area contributed by atoms with Gasteiger partial charge in [0, 0.05) is 16.7 Å². The Bertz CT molecular complexity index is 468. The molecule has 18 heavy (non-hydrogen) atoms. The molecule has 1 aliphatic heterocycles. The molecule has 0 saturated carbocycles. The summed E-state index contributed by atoms with van der Waals surface area (Å²) in [5, 5.41) is 0. The van der Waals surface area contributed by atoms with Gasteiger partial charge in [0.2, 0.25) is 0 Å². The summed E-state index contributed by atoms with van der Waals surface area (Å²) in [6, 6.07) is 6.05. The molecule has 0 aromatic heterocycles. The van der Waals surface area contributed by atoms with Gasteiger partial charge in [-0.05, 0) is 59.9 Å². The summed E-state index contributed by atoms with van der Waals surface area (Å²) in [7, 11) is 0. The lowest BCUT2D eigenvalue weighted by Gasteiger charge is -2.38. The van der Waals surface area contributed by atoms with E-state index in [4.69, 9.17) is 0 Å². The highest BCUT2D eigenvalue weighted by Crippen LogP contribution is 2.29. The summed E-state index contributed by atoms with van der Waals surface area (Å²) in [6.07, 6.45) is 2.32. The Morgan fingerprint density at radius 1 is 1.39 bits per heavy atom. The highest BCUT2D eigenvalue weighted by Gasteiger charge is 2.30. The molecule has 0 unspecified atom stereocenters. The molecule has 0 bridgehead atoms. The van der Waals surface area contributed by atoms with E-state index in [2.05, 4.69) is 49.4 Å². The van der Waals surface area contributed by atoms with Gasteiger partial charge in [0.05, 0.1) is 5.56 Å². The van der Waals surface area contributed by atoms with E-state index >= 15 is 0 Å². The number of carbonyl (C=O) groups is 1. The van der Waals surface area contributed by atoms with E-state index in [1.165, 1.54) is 12.0 Å². The second kappa shape index (κ2) is 5.19. The van der Waals surface area contributed by atoms with Crippen LogP contribution in [0.1, 0.15) is 42.6 Å². The number of aryl methyl sites for hydroxylation is 1. The van der Waals surface area contributed by atoms with Crippen LogP contribution in [-0.4, -0.2) is 23.9 Å². The molecule has 1 aromatic rings. The van der Waals surface area contributed by atoms with Crippen LogP contribution >= 0.6 is 22.6 Å². The minimum atomic E-state index is 0.187. The van der Waals surface area contributed by atoms with Gasteiger partial charge in [0.1, 0.15) is 0 Å². The smallest absolute Gasteiger partial charge is 0.254 e. The van der Waals surface area contributed by atoms with Crippen LogP contribution in [0.25, 0.3) is 0 Å². The van der Waals surface area contributed by atoms with Crippen molar-refractivity contribution >= 4 is 28.5 Å². The molecule has 1 amide bonds. The molecule has 1 heterocycles. The lowest BCUT2D eigenvalue weighted by atomic mass is 9.84. The van der Waals surface area contributed by atoms with E-state index in [0.717, 1.165) is 28.6 Å². The van der Waals surface area contributed by atoms with Gasteiger partial charge in [-0.15, -0.1) is 0 Å². The number of halogens is 1. The summed E-state index contributed by atoms with van der Waals surface area (Å²) in [5.74, 6) is 0.187. The van der Waals surface area contributed by atoms with Crippen molar-refractivity contribution < 1.29 is 4.79 Å².